The molecule has 0 amide bonds. The van der Waals surface area contributed by atoms with E-state index in [1.165, 1.54) is 25.7 Å². The first-order valence-corrected chi connectivity index (χ1v) is 9.38. The Hall–Kier alpha value is -2.88. The number of ether oxygens (including phenoxy) is 2. The lowest BCUT2D eigenvalue weighted by molar-refractivity contribution is 0.363. The molecule has 0 spiro atoms. The predicted octanol–water partition coefficient (Wildman–Crippen LogP) is 6.60. The van der Waals surface area contributed by atoms with Crippen molar-refractivity contribution in [2.75, 3.05) is 7.11 Å². The van der Waals surface area contributed by atoms with E-state index in [1.807, 2.05) is 0 Å². The Morgan fingerprint density at radius 3 is 2.19 bits per heavy atom. The maximum atomic E-state index is 12.8. The van der Waals surface area contributed by atoms with Crippen molar-refractivity contribution in [1.29, 1.82) is 0 Å². The van der Waals surface area contributed by atoms with Gasteiger partial charge in [0.15, 0.2) is 0 Å². The van der Waals surface area contributed by atoms with Gasteiger partial charge in [-0.1, -0.05) is 19.4 Å². The molecule has 3 aromatic rings. The van der Waals surface area contributed by atoms with Crippen LogP contribution in [0.2, 0.25) is 0 Å². The summed E-state index contributed by atoms with van der Waals surface area (Å²) in [4.78, 5) is 6.07. The molecule has 144 valence electrons. The van der Waals surface area contributed by atoms with Crippen LogP contribution in [0, 0.1) is 0 Å². The second-order valence-electron chi connectivity index (χ2n) is 5.47. The van der Waals surface area contributed by atoms with Crippen molar-refractivity contribution in [3.05, 3.63) is 61.1 Å². The zero-order chi connectivity index (χ0) is 19.8. The zero-order valence-electron chi connectivity index (χ0n) is 13.8. The van der Waals surface area contributed by atoms with E-state index in [9.17, 15) is 19.4 Å². The molecular formula is C17H13F5N2O2S. The van der Waals surface area contributed by atoms with Gasteiger partial charge in [-0.05, 0) is 42.5 Å². The van der Waals surface area contributed by atoms with Crippen molar-refractivity contribution in [2.24, 2.45) is 0 Å². The first-order valence-electron chi connectivity index (χ1n) is 7.43. The maximum absolute atomic E-state index is 12.8. The molecule has 3 rings (SSSR count). The number of halogens is 5. The Morgan fingerprint density at radius 2 is 1.56 bits per heavy atom. The third-order valence-corrected chi connectivity index (χ3v) is 4.71. The molecule has 2 aromatic heterocycles. The van der Waals surface area contributed by atoms with Gasteiger partial charge in [-0.3, -0.25) is 4.98 Å². The van der Waals surface area contributed by atoms with Gasteiger partial charge in [0.2, 0.25) is 5.88 Å². The van der Waals surface area contributed by atoms with Crippen LogP contribution in [0.3, 0.4) is 0 Å². The average Bonchev–Trinajstić information content (AvgIpc) is 2.61. The van der Waals surface area contributed by atoms with E-state index in [0.29, 0.717) is 16.9 Å². The minimum Gasteiger partial charge on any atom is -0.496 e. The topological polar surface area (TPSA) is 44.2 Å². The number of methoxy groups -OCH3 is 1. The molecule has 0 atom stereocenters. The SMILES string of the molecule is COc1ccncc1-c1cccnc1Oc1ccc(S(F)(F)(F)(F)F)cc1. The fourth-order valence-electron chi connectivity index (χ4n) is 2.32. The monoisotopic (exact) mass is 404 g/mol. The predicted molar refractivity (Wildman–Crippen MR) is 91.9 cm³/mol. The molecule has 4 nitrogen and oxygen atoms in total. The third-order valence-electron chi connectivity index (χ3n) is 3.55. The molecule has 2 heterocycles. The molecule has 0 aliphatic carbocycles. The molecule has 0 fully saturated rings. The Bertz CT molecular complexity index is 979. The maximum Gasteiger partial charge on any atom is 0.310 e. The summed E-state index contributed by atoms with van der Waals surface area (Å²) < 4.78 is 74.8. The highest BCUT2D eigenvalue weighted by Gasteiger charge is 2.65. The Balaban J connectivity index is 1.97. The number of benzene rings is 1. The van der Waals surface area contributed by atoms with Crippen LogP contribution in [0.5, 0.6) is 17.4 Å². The number of pyridine rings is 2. The summed E-state index contributed by atoms with van der Waals surface area (Å²) in [5.41, 5.74) is 1.02. The minimum atomic E-state index is -9.73. The number of hydrogen-bond donors (Lipinski definition) is 0. The van der Waals surface area contributed by atoms with E-state index in [4.69, 9.17) is 9.47 Å². The van der Waals surface area contributed by atoms with E-state index in [0.717, 1.165) is 12.1 Å². The molecular weight excluding hydrogens is 391 g/mol. The van der Waals surface area contributed by atoms with Crippen LogP contribution < -0.4 is 9.47 Å². The van der Waals surface area contributed by atoms with Gasteiger partial charge >= 0.3 is 10.2 Å². The summed E-state index contributed by atoms with van der Waals surface area (Å²) in [5, 5.41) is 0. The molecule has 0 aliphatic heterocycles. The van der Waals surface area contributed by atoms with Crippen molar-refractivity contribution >= 4 is 10.2 Å². The van der Waals surface area contributed by atoms with Gasteiger partial charge < -0.3 is 9.47 Å². The van der Waals surface area contributed by atoms with Crippen molar-refractivity contribution in [2.45, 2.75) is 4.90 Å². The summed E-state index contributed by atoms with van der Waals surface area (Å²) >= 11 is 0. The van der Waals surface area contributed by atoms with Gasteiger partial charge in [-0.2, -0.15) is 0 Å². The van der Waals surface area contributed by atoms with Crippen molar-refractivity contribution in [3.8, 4) is 28.5 Å². The standard InChI is InChI=1S/C17H13F5N2O2S/c1-25-16-8-10-23-11-15(16)14-3-2-9-24-17(14)26-12-4-6-13(7-5-12)27(18,19,20,21)22/h2-11H,1H3. The third kappa shape index (κ3) is 4.27. The second kappa shape index (κ2) is 5.81. The van der Waals surface area contributed by atoms with Crippen LogP contribution >= 0.6 is 10.2 Å². The van der Waals surface area contributed by atoms with Crippen LogP contribution in [-0.4, -0.2) is 17.1 Å². The van der Waals surface area contributed by atoms with E-state index >= 15 is 0 Å². The Kier molecular flexibility index (Phi) is 4.07. The number of hydrogen-bond acceptors (Lipinski definition) is 4. The lowest BCUT2D eigenvalue weighted by atomic mass is 10.1. The summed E-state index contributed by atoms with van der Waals surface area (Å²) in [6, 6.07) is 7.10. The van der Waals surface area contributed by atoms with E-state index in [1.54, 1.807) is 18.2 Å². The fourth-order valence-corrected chi connectivity index (χ4v) is 2.97. The number of rotatable bonds is 5. The lowest BCUT2D eigenvalue weighted by Crippen LogP contribution is -2.05. The normalized spacial score (nSPS) is 14.1. The molecule has 0 unspecified atom stereocenters. The molecule has 27 heavy (non-hydrogen) atoms. The van der Waals surface area contributed by atoms with Crippen molar-refractivity contribution < 1.29 is 28.9 Å². The highest BCUT2D eigenvalue weighted by Crippen LogP contribution is 3.02. The molecule has 1 aromatic carbocycles. The van der Waals surface area contributed by atoms with Gasteiger partial charge in [0.1, 0.15) is 16.4 Å². The molecule has 0 N–H and O–H groups in total. The van der Waals surface area contributed by atoms with Gasteiger partial charge in [0.05, 0.1) is 7.11 Å². The number of aromatic nitrogens is 2. The first-order chi connectivity index (χ1) is 12.5. The quantitative estimate of drug-likeness (QED) is 0.449. The molecule has 0 radical (unpaired) electrons. The van der Waals surface area contributed by atoms with Crippen molar-refractivity contribution in [1.82, 2.24) is 9.97 Å². The van der Waals surface area contributed by atoms with E-state index in [2.05, 4.69) is 9.97 Å². The van der Waals surface area contributed by atoms with Gasteiger partial charge in [-0.15, -0.1) is 0 Å². The summed E-state index contributed by atoms with van der Waals surface area (Å²) in [6.45, 7) is 0. The van der Waals surface area contributed by atoms with Gasteiger partial charge in [-0.25, -0.2) is 4.98 Å². The van der Waals surface area contributed by atoms with Crippen LogP contribution in [0.15, 0.2) is 66.0 Å². The molecule has 10 heteroatoms. The number of nitrogens with zero attached hydrogens (tertiary/aromatic N) is 2. The molecule has 0 aliphatic rings. The highest BCUT2D eigenvalue weighted by atomic mass is 32.5. The molecule has 0 bridgehead atoms. The highest BCUT2D eigenvalue weighted by molar-refractivity contribution is 8.45. The smallest absolute Gasteiger partial charge is 0.310 e. The molecule has 0 saturated carbocycles. The van der Waals surface area contributed by atoms with Crippen LogP contribution in [-0.2, 0) is 0 Å². The lowest BCUT2D eigenvalue weighted by Gasteiger charge is -2.40. The van der Waals surface area contributed by atoms with E-state index in [-0.39, 0.29) is 23.8 Å². The van der Waals surface area contributed by atoms with Crippen LogP contribution in [0.4, 0.5) is 19.4 Å². The summed E-state index contributed by atoms with van der Waals surface area (Å²) in [5.74, 6) is 0.464. The molecule has 0 saturated heterocycles. The van der Waals surface area contributed by atoms with Crippen LogP contribution in [0.25, 0.3) is 11.1 Å². The summed E-state index contributed by atoms with van der Waals surface area (Å²) in [6.07, 6.45) is 4.46. The zero-order valence-corrected chi connectivity index (χ0v) is 14.6. The minimum absolute atomic E-state index is 0.0592. The van der Waals surface area contributed by atoms with Gasteiger partial charge in [0, 0.05) is 29.7 Å². The average molecular weight is 404 g/mol. The summed E-state index contributed by atoms with van der Waals surface area (Å²) in [7, 11) is -8.26. The van der Waals surface area contributed by atoms with Crippen LogP contribution in [0.1, 0.15) is 0 Å². The largest absolute Gasteiger partial charge is 0.496 e. The fraction of sp³-hybridized carbons (Fsp3) is 0.0588. The van der Waals surface area contributed by atoms with E-state index < -0.39 is 15.1 Å². The Morgan fingerprint density at radius 1 is 0.852 bits per heavy atom. The Labute approximate surface area is 151 Å². The second-order valence-corrected chi connectivity index (χ2v) is 7.88. The van der Waals surface area contributed by atoms with Crippen molar-refractivity contribution in [3.63, 3.8) is 0 Å². The first kappa shape index (κ1) is 18.9. The van der Waals surface area contributed by atoms with Gasteiger partial charge in [0.25, 0.3) is 0 Å².